The number of benzene rings is 1. The van der Waals surface area contributed by atoms with Crippen molar-refractivity contribution < 1.29 is 4.74 Å². The summed E-state index contributed by atoms with van der Waals surface area (Å²) in [5.41, 5.74) is 3.54. The molecule has 1 atom stereocenters. The molecule has 1 aliphatic heterocycles. The van der Waals surface area contributed by atoms with Gasteiger partial charge in [0.25, 0.3) is 0 Å². The van der Waals surface area contributed by atoms with E-state index in [0.717, 1.165) is 6.61 Å². The van der Waals surface area contributed by atoms with Crippen LogP contribution in [0.5, 0.6) is 0 Å². The van der Waals surface area contributed by atoms with E-state index in [-0.39, 0.29) is 0 Å². The summed E-state index contributed by atoms with van der Waals surface area (Å²) in [6.07, 6.45) is 4.16. The zero-order valence-corrected chi connectivity index (χ0v) is 8.62. The average molecular weight is 188 g/mol. The first-order chi connectivity index (χ1) is 6.77. The van der Waals surface area contributed by atoms with E-state index < -0.39 is 0 Å². The zero-order chi connectivity index (χ0) is 9.60. The number of rotatable bonds is 0. The van der Waals surface area contributed by atoms with E-state index in [1.165, 1.54) is 19.3 Å². The third-order valence-corrected chi connectivity index (χ3v) is 3.64. The first-order valence-corrected chi connectivity index (χ1v) is 5.46. The maximum atomic E-state index is 5.72. The molecule has 0 unspecified atom stereocenters. The normalized spacial score (nSPS) is 28.2. The number of ether oxygens (including phenoxy) is 1. The Kier molecular flexibility index (Phi) is 1.72. The third-order valence-electron chi connectivity index (χ3n) is 3.64. The van der Waals surface area contributed by atoms with Crippen LogP contribution in [-0.4, -0.2) is 12.7 Å². The molecule has 0 amide bonds. The number of fused-ring (bicyclic) bond motifs is 1. The maximum Gasteiger partial charge on any atom is 0.0553 e. The molecule has 1 fully saturated rings. The van der Waals surface area contributed by atoms with Gasteiger partial charge in [-0.1, -0.05) is 24.3 Å². The first kappa shape index (κ1) is 8.49. The predicted molar refractivity (Wildman–Crippen MR) is 56.3 cm³/mol. The van der Waals surface area contributed by atoms with Crippen LogP contribution in [0.15, 0.2) is 24.3 Å². The summed E-state index contributed by atoms with van der Waals surface area (Å²) in [7, 11) is 0. The molecule has 1 spiro atoms. The van der Waals surface area contributed by atoms with Gasteiger partial charge in [0.05, 0.1) is 12.7 Å². The molecule has 1 heterocycles. The Hall–Kier alpha value is -0.820. The van der Waals surface area contributed by atoms with Gasteiger partial charge in [0.1, 0.15) is 0 Å². The highest BCUT2D eigenvalue weighted by Gasteiger charge is 2.42. The van der Waals surface area contributed by atoms with E-state index in [1.807, 2.05) is 0 Å². The third kappa shape index (κ3) is 1.19. The quantitative estimate of drug-likeness (QED) is 0.608. The lowest BCUT2D eigenvalue weighted by molar-refractivity contribution is 0.107. The van der Waals surface area contributed by atoms with Gasteiger partial charge >= 0.3 is 0 Å². The largest absolute Gasteiger partial charge is 0.378 e. The van der Waals surface area contributed by atoms with Crippen LogP contribution in [0.4, 0.5) is 0 Å². The molecule has 14 heavy (non-hydrogen) atoms. The summed E-state index contributed by atoms with van der Waals surface area (Å²) in [6, 6.07) is 8.84. The molecule has 0 saturated carbocycles. The first-order valence-electron chi connectivity index (χ1n) is 5.46. The van der Waals surface area contributed by atoms with Gasteiger partial charge in [0.2, 0.25) is 0 Å². The summed E-state index contributed by atoms with van der Waals surface area (Å²) in [4.78, 5) is 0. The van der Waals surface area contributed by atoms with Crippen LogP contribution in [0.2, 0.25) is 0 Å². The van der Waals surface area contributed by atoms with E-state index in [2.05, 4.69) is 31.2 Å². The summed E-state index contributed by atoms with van der Waals surface area (Å²) < 4.78 is 5.72. The highest BCUT2D eigenvalue weighted by atomic mass is 16.5. The lowest BCUT2D eigenvalue weighted by Crippen LogP contribution is -2.21. The van der Waals surface area contributed by atoms with Crippen LogP contribution < -0.4 is 0 Å². The van der Waals surface area contributed by atoms with Crippen molar-refractivity contribution in [3.05, 3.63) is 35.4 Å². The summed E-state index contributed by atoms with van der Waals surface area (Å²) in [6.45, 7) is 3.15. The van der Waals surface area contributed by atoms with Crippen LogP contribution in [0.25, 0.3) is 0 Å². The second-order valence-corrected chi connectivity index (χ2v) is 4.95. The lowest BCUT2D eigenvalue weighted by atomic mass is 9.83. The molecule has 0 aromatic heterocycles. The maximum absolute atomic E-state index is 5.72. The van der Waals surface area contributed by atoms with E-state index in [9.17, 15) is 0 Å². The summed E-state index contributed by atoms with van der Waals surface area (Å²) in [5.74, 6) is 0. The van der Waals surface area contributed by atoms with Crippen LogP contribution in [0, 0.1) is 5.41 Å². The molecule has 3 rings (SSSR count). The van der Waals surface area contributed by atoms with Gasteiger partial charge in [-0.2, -0.15) is 0 Å². The molecule has 1 aliphatic carbocycles. The van der Waals surface area contributed by atoms with E-state index in [4.69, 9.17) is 4.74 Å². The van der Waals surface area contributed by atoms with Crippen molar-refractivity contribution in [2.45, 2.75) is 32.3 Å². The van der Waals surface area contributed by atoms with Crippen LogP contribution in [0.3, 0.4) is 0 Å². The van der Waals surface area contributed by atoms with Gasteiger partial charge in [-0.05, 0) is 37.3 Å². The molecule has 1 aromatic rings. The predicted octanol–water partition coefficient (Wildman–Crippen LogP) is 2.58. The summed E-state index contributed by atoms with van der Waals surface area (Å²) in [5, 5.41) is 0. The molecule has 0 N–H and O–H groups in total. The fourth-order valence-corrected chi connectivity index (χ4v) is 3.07. The lowest BCUT2D eigenvalue weighted by Gasteiger charge is -2.19. The van der Waals surface area contributed by atoms with Gasteiger partial charge in [-0.25, -0.2) is 0 Å². The minimum atomic E-state index is 0.448. The standard InChI is InChI=1S/C13H16O/c1-10-6-13(9-14-10)7-11-4-2-3-5-12(11)8-13/h2-5,10H,6-9H2,1H3/t10-/m1/s1. The Bertz CT molecular complexity index is 331. The SMILES string of the molecule is C[C@@H]1CC2(CO1)Cc1ccccc1C2. The van der Waals surface area contributed by atoms with Crippen LogP contribution >= 0.6 is 0 Å². The fourth-order valence-electron chi connectivity index (χ4n) is 3.07. The Labute approximate surface area is 85.1 Å². The van der Waals surface area contributed by atoms with Crippen molar-refractivity contribution in [3.63, 3.8) is 0 Å². The molecule has 1 nitrogen and oxygen atoms in total. The highest BCUT2D eigenvalue weighted by molar-refractivity contribution is 5.34. The Morgan fingerprint density at radius 3 is 2.36 bits per heavy atom. The molecule has 0 radical (unpaired) electrons. The molecule has 0 bridgehead atoms. The zero-order valence-electron chi connectivity index (χ0n) is 8.62. The number of hydrogen-bond acceptors (Lipinski definition) is 1. The highest BCUT2D eigenvalue weighted by Crippen LogP contribution is 2.44. The van der Waals surface area contributed by atoms with Gasteiger partial charge < -0.3 is 4.74 Å². The van der Waals surface area contributed by atoms with E-state index in [0.29, 0.717) is 11.5 Å². The van der Waals surface area contributed by atoms with E-state index in [1.54, 1.807) is 11.1 Å². The Morgan fingerprint density at radius 2 is 1.86 bits per heavy atom. The van der Waals surface area contributed by atoms with Gasteiger partial charge in [-0.3, -0.25) is 0 Å². The van der Waals surface area contributed by atoms with Gasteiger partial charge in [0, 0.05) is 5.41 Å². The number of hydrogen-bond donors (Lipinski definition) is 0. The topological polar surface area (TPSA) is 9.23 Å². The van der Waals surface area contributed by atoms with Gasteiger partial charge in [0.15, 0.2) is 0 Å². The minimum Gasteiger partial charge on any atom is -0.378 e. The van der Waals surface area contributed by atoms with Gasteiger partial charge in [-0.15, -0.1) is 0 Å². The Morgan fingerprint density at radius 1 is 1.21 bits per heavy atom. The molecule has 1 heteroatoms. The average Bonchev–Trinajstić information content (AvgIpc) is 2.69. The fraction of sp³-hybridized carbons (Fsp3) is 0.538. The Balaban J connectivity index is 1.91. The molecule has 1 saturated heterocycles. The van der Waals surface area contributed by atoms with Crippen molar-refractivity contribution in [2.75, 3.05) is 6.61 Å². The minimum absolute atomic E-state index is 0.448. The van der Waals surface area contributed by atoms with Crippen molar-refractivity contribution in [1.29, 1.82) is 0 Å². The van der Waals surface area contributed by atoms with Crippen LogP contribution in [-0.2, 0) is 17.6 Å². The van der Waals surface area contributed by atoms with Crippen LogP contribution in [0.1, 0.15) is 24.5 Å². The smallest absolute Gasteiger partial charge is 0.0553 e. The molecular weight excluding hydrogens is 172 g/mol. The second-order valence-electron chi connectivity index (χ2n) is 4.95. The molecular formula is C13H16O. The monoisotopic (exact) mass is 188 g/mol. The van der Waals surface area contributed by atoms with Crippen molar-refractivity contribution >= 4 is 0 Å². The second kappa shape index (κ2) is 2.83. The molecule has 74 valence electrons. The molecule has 2 aliphatic rings. The van der Waals surface area contributed by atoms with E-state index >= 15 is 0 Å². The van der Waals surface area contributed by atoms with Crippen molar-refractivity contribution in [1.82, 2.24) is 0 Å². The van der Waals surface area contributed by atoms with Crippen molar-refractivity contribution in [3.8, 4) is 0 Å². The summed E-state index contributed by atoms with van der Waals surface area (Å²) >= 11 is 0. The molecule has 1 aromatic carbocycles. The van der Waals surface area contributed by atoms with Crippen molar-refractivity contribution in [2.24, 2.45) is 5.41 Å².